The van der Waals surface area contributed by atoms with Crippen LogP contribution in [0.15, 0.2) is 36.4 Å². The van der Waals surface area contributed by atoms with Crippen LogP contribution in [0.2, 0.25) is 28.2 Å². The van der Waals surface area contributed by atoms with E-state index in [4.69, 9.17) is 32.4 Å². The number of rotatable bonds is 10. The van der Waals surface area contributed by atoms with Gasteiger partial charge in [-0.25, -0.2) is 8.78 Å². The van der Waals surface area contributed by atoms with E-state index in [9.17, 15) is 23.2 Å². The molecule has 0 radical (unpaired) electrons. The Morgan fingerprint density at radius 3 is 2.02 bits per heavy atom. The predicted molar refractivity (Wildman–Crippen MR) is 164 cm³/mol. The van der Waals surface area contributed by atoms with Crippen LogP contribution in [0.5, 0.6) is 5.75 Å². The lowest BCUT2D eigenvalue weighted by atomic mass is 9.60. The van der Waals surface area contributed by atoms with Gasteiger partial charge in [-0.1, -0.05) is 44.0 Å². The molecule has 2 bridgehead atoms. The first kappa shape index (κ1) is 33.4. The minimum atomic E-state index is -2.94. The number of carbonyl (C=O) groups excluding carboxylic acids is 3. The Morgan fingerprint density at radius 2 is 1.49 bits per heavy atom. The van der Waals surface area contributed by atoms with Gasteiger partial charge in [0.15, 0.2) is 14.9 Å². The molecule has 0 heterocycles. The van der Waals surface area contributed by atoms with Gasteiger partial charge in [0.25, 0.3) is 11.8 Å². The third kappa shape index (κ3) is 7.24. The molecule has 0 unspecified atom stereocenters. The second-order valence-corrected chi connectivity index (χ2v) is 18.7. The number of ether oxygens (including phenoxy) is 1. The topological polar surface area (TPSA) is 93.7 Å². The highest BCUT2D eigenvalue weighted by molar-refractivity contribution is 6.74. The molecule has 0 spiro atoms. The Kier molecular flexibility index (Phi) is 9.67. The van der Waals surface area contributed by atoms with Crippen LogP contribution in [-0.4, -0.2) is 38.4 Å². The largest absolute Gasteiger partial charge is 0.484 e. The lowest BCUT2D eigenvalue weighted by molar-refractivity contribution is -0.145. The van der Waals surface area contributed by atoms with Crippen molar-refractivity contribution < 1.29 is 32.3 Å². The Balaban J connectivity index is 1.75. The van der Waals surface area contributed by atoms with Gasteiger partial charge in [-0.15, -0.1) is 0 Å². The summed E-state index contributed by atoms with van der Waals surface area (Å²) in [4.78, 5) is 42.0. The summed E-state index contributed by atoms with van der Waals surface area (Å²) >= 11 is 11.6. The first-order valence-corrected chi connectivity index (χ1v) is 18.0. The van der Waals surface area contributed by atoms with Gasteiger partial charge in [0.1, 0.15) is 17.4 Å². The normalized spacial score (nSPS) is 21.6. The highest BCUT2D eigenvalue weighted by Gasteiger charge is 2.55. The van der Waals surface area contributed by atoms with Crippen molar-refractivity contribution in [1.29, 1.82) is 0 Å². The van der Waals surface area contributed by atoms with Gasteiger partial charge in [-0.3, -0.25) is 14.4 Å². The molecule has 2 aromatic rings. The molecule has 7 nitrogen and oxygen atoms in total. The Hall–Kier alpha value is -2.53. The van der Waals surface area contributed by atoms with Crippen LogP contribution >= 0.6 is 23.2 Å². The van der Waals surface area contributed by atoms with Gasteiger partial charge >= 0.3 is 0 Å². The van der Waals surface area contributed by atoms with Crippen molar-refractivity contribution in [2.75, 3.05) is 6.61 Å². The highest BCUT2D eigenvalue weighted by Crippen LogP contribution is 2.50. The minimum absolute atomic E-state index is 0.0287. The number of ketones is 1. The van der Waals surface area contributed by atoms with E-state index in [2.05, 4.69) is 10.6 Å². The number of carbonyl (C=O) groups is 3. The zero-order valence-electron chi connectivity index (χ0n) is 25.0. The van der Waals surface area contributed by atoms with Gasteiger partial charge < -0.3 is 19.8 Å². The molecule has 43 heavy (non-hydrogen) atoms. The molecule has 0 aliphatic heterocycles. The van der Waals surface area contributed by atoms with E-state index in [1.54, 1.807) is 0 Å². The van der Waals surface area contributed by atoms with Crippen LogP contribution < -0.4 is 15.4 Å². The van der Waals surface area contributed by atoms with Crippen LogP contribution in [0.25, 0.3) is 0 Å². The number of hydrogen-bond acceptors (Lipinski definition) is 5. The third-order valence-corrected chi connectivity index (χ3v) is 14.2. The van der Waals surface area contributed by atoms with Gasteiger partial charge in [-0.2, -0.15) is 0 Å². The van der Waals surface area contributed by atoms with Crippen molar-refractivity contribution in [2.24, 2.45) is 11.3 Å². The SMILES string of the molecule is CC(C)(C)[Si](C)(C)O[C@](NC(=O)COc1ccc(Cl)c(F)c1)(NC(=O)C12CCC(CC1)CC2)C(=O)c1ccc(Cl)c(F)c1. The first-order valence-electron chi connectivity index (χ1n) is 14.4. The lowest BCUT2D eigenvalue weighted by Crippen LogP contribution is -2.73. The molecule has 2 aromatic carbocycles. The summed E-state index contributed by atoms with van der Waals surface area (Å²) in [7, 11) is -2.94. The third-order valence-electron chi connectivity index (χ3n) is 9.16. The standard InChI is InChI=1S/C31H38Cl2F2N2O5Si/c1-29(2,3)43(4,5)42-31(27(39)20-6-8-22(32)24(34)16-20,37-28(40)30-13-10-19(11-14-30)12-15-30)36-26(38)18-41-21-7-9-23(33)25(35)17-21/h6-9,16-17,19H,10-15,18H2,1-5H3,(H,36,38)(H,37,40)/t19?,30?,31-/m1/s1. The zero-order chi connectivity index (χ0) is 31.8. The molecule has 234 valence electrons. The van der Waals surface area contributed by atoms with Crippen LogP contribution in [0.4, 0.5) is 8.78 Å². The number of nitrogens with one attached hydrogen (secondary N) is 2. The second-order valence-electron chi connectivity index (χ2n) is 13.1. The molecule has 3 fully saturated rings. The maximum absolute atomic E-state index is 14.6. The van der Waals surface area contributed by atoms with Crippen LogP contribution in [0.1, 0.15) is 69.7 Å². The first-order chi connectivity index (χ1) is 20.0. The molecule has 5 rings (SSSR count). The van der Waals surface area contributed by atoms with E-state index in [-0.39, 0.29) is 21.4 Å². The quantitative estimate of drug-likeness (QED) is 0.158. The second kappa shape index (κ2) is 12.5. The van der Waals surface area contributed by atoms with E-state index < -0.39 is 60.5 Å². The van der Waals surface area contributed by atoms with Gasteiger partial charge in [0.2, 0.25) is 11.7 Å². The van der Waals surface area contributed by atoms with Crippen LogP contribution in [-0.2, 0) is 14.0 Å². The van der Waals surface area contributed by atoms with Crippen molar-refractivity contribution in [1.82, 2.24) is 10.6 Å². The average molecular weight is 656 g/mol. The molecule has 3 aliphatic rings. The maximum atomic E-state index is 14.6. The molecule has 2 amide bonds. The number of halogens is 4. The summed E-state index contributed by atoms with van der Waals surface area (Å²) in [5.74, 6) is -5.47. The average Bonchev–Trinajstić information content (AvgIpc) is 2.94. The number of hydrogen-bond donors (Lipinski definition) is 2. The summed E-state index contributed by atoms with van der Waals surface area (Å²) in [6.45, 7) is 8.92. The van der Waals surface area contributed by atoms with Crippen molar-refractivity contribution in [3.63, 3.8) is 0 Å². The molecule has 0 aromatic heterocycles. The fourth-order valence-corrected chi connectivity index (χ4v) is 6.95. The molecular formula is C31H38Cl2F2N2O5Si. The Labute approximate surface area is 262 Å². The molecule has 0 saturated heterocycles. The number of benzene rings is 2. The molecule has 2 N–H and O–H groups in total. The van der Waals surface area contributed by atoms with Crippen molar-refractivity contribution in [3.8, 4) is 5.75 Å². The summed E-state index contributed by atoms with van der Waals surface area (Å²) in [5.41, 5.74) is -0.878. The van der Waals surface area contributed by atoms with Gasteiger partial charge in [0.05, 0.1) is 10.0 Å². The smallest absolute Gasteiger partial charge is 0.278 e. The van der Waals surface area contributed by atoms with Crippen molar-refractivity contribution >= 4 is 49.1 Å². The molecule has 3 saturated carbocycles. The number of amides is 2. The summed E-state index contributed by atoms with van der Waals surface area (Å²) in [5, 5.41) is 4.66. The van der Waals surface area contributed by atoms with Crippen molar-refractivity contribution in [2.45, 2.75) is 83.3 Å². The van der Waals surface area contributed by atoms with Gasteiger partial charge in [-0.05, 0) is 92.9 Å². The van der Waals surface area contributed by atoms with E-state index in [0.29, 0.717) is 25.2 Å². The van der Waals surface area contributed by atoms with Crippen molar-refractivity contribution in [3.05, 3.63) is 63.6 Å². The summed E-state index contributed by atoms with van der Waals surface area (Å²) in [6, 6.07) is 7.18. The Bertz CT molecular complexity index is 1400. The number of Topliss-reactive ketones (excluding diaryl/α,β-unsaturated/α-hetero) is 1. The van der Waals surface area contributed by atoms with E-state index in [0.717, 1.165) is 31.4 Å². The molecule has 12 heteroatoms. The van der Waals surface area contributed by atoms with Crippen LogP contribution in [0, 0.1) is 23.0 Å². The zero-order valence-corrected chi connectivity index (χ0v) is 27.6. The number of fused-ring (bicyclic) bond motifs is 3. The minimum Gasteiger partial charge on any atom is -0.484 e. The molecule has 1 atom stereocenters. The van der Waals surface area contributed by atoms with E-state index >= 15 is 0 Å². The Morgan fingerprint density at radius 1 is 0.930 bits per heavy atom. The fourth-order valence-electron chi connectivity index (χ4n) is 5.45. The fraction of sp³-hybridized carbons (Fsp3) is 0.516. The van der Waals surface area contributed by atoms with Gasteiger partial charge in [0, 0.05) is 17.0 Å². The summed E-state index contributed by atoms with van der Waals surface area (Å²) < 4.78 is 40.7. The van der Waals surface area contributed by atoms with E-state index in [1.165, 1.54) is 24.3 Å². The van der Waals surface area contributed by atoms with Crippen LogP contribution in [0.3, 0.4) is 0 Å². The molecule has 3 aliphatic carbocycles. The monoisotopic (exact) mass is 654 g/mol. The summed E-state index contributed by atoms with van der Waals surface area (Å²) in [6.07, 6.45) is 4.67. The maximum Gasteiger partial charge on any atom is 0.278 e. The highest BCUT2D eigenvalue weighted by atomic mass is 35.5. The lowest BCUT2D eigenvalue weighted by Gasteiger charge is -2.49. The predicted octanol–water partition coefficient (Wildman–Crippen LogP) is 7.41. The van der Waals surface area contributed by atoms with E-state index in [1.807, 2.05) is 33.9 Å². The molecular weight excluding hydrogens is 617 g/mol.